The van der Waals surface area contributed by atoms with Crippen LogP contribution in [0.15, 0.2) is 18.5 Å². The lowest BCUT2D eigenvalue weighted by Gasteiger charge is -2.10. The second-order valence-corrected chi connectivity index (χ2v) is 3.58. The van der Waals surface area contributed by atoms with Crippen molar-refractivity contribution < 1.29 is 22.0 Å². The van der Waals surface area contributed by atoms with Crippen LogP contribution >= 0.6 is 0 Å². The molecule has 3 nitrogen and oxygen atoms in total. The molecular weight excluding hydrogens is 269 g/mol. The van der Waals surface area contributed by atoms with E-state index in [-0.39, 0.29) is 11.4 Å². The SMILES string of the molecule is Nc1cncc(Nc2c(F)c(F)c(F)c(F)c2F)c1. The van der Waals surface area contributed by atoms with Gasteiger partial charge in [-0.15, -0.1) is 0 Å². The molecule has 1 aromatic carbocycles. The van der Waals surface area contributed by atoms with Crippen molar-refractivity contribution >= 4 is 17.1 Å². The number of nitrogens with zero attached hydrogens (tertiary/aromatic N) is 1. The van der Waals surface area contributed by atoms with E-state index in [1.54, 1.807) is 0 Å². The van der Waals surface area contributed by atoms with Gasteiger partial charge in [0.1, 0.15) is 5.69 Å². The molecule has 19 heavy (non-hydrogen) atoms. The minimum absolute atomic E-state index is 0.0109. The highest BCUT2D eigenvalue weighted by Crippen LogP contribution is 2.29. The van der Waals surface area contributed by atoms with E-state index in [1.165, 1.54) is 12.3 Å². The molecule has 0 aliphatic rings. The number of nitrogens with one attached hydrogen (secondary N) is 1. The fourth-order valence-corrected chi connectivity index (χ4v) is 1.39. The number of pyridine rings is 1. The largest absolute Gasteiger partial charge is 0.397 e. The van der Waals surface area contributed by atoms with E-state index >= 15 is 0 Å². The fourth-order valence-electron chi connectivity index (χ4n) is 1.39. The normalized spacial score (nSPS) is 10.6. The van der Waals surface area contributed by atoms with Crippen LogP contribution in [0.1, 0.15) is 0 Å². The van der Waals surface area contributed by atoms with E-state index in [1.807, 2.05) is 0 Å². The van der Waals surface area contributed by atoms with Crippen molar-refractivity contribution in [3.63, 3.8) is 0 Å². The Balaban J connectivity index is 2.52. The summed E-state index contributed by atoms with van der Waals surface area (Å²) in [5.41, 5.74) is 4.36. The smallest absolute Gasteiger partial charge is 0.200 e. The van der Waals surface area contributed by atoms with E-state index in [0.29, 0.717) is 0 Å². The van der Waals surface area contributed by atoms with Crippen molar-refractivity contribution in [2.75, 3.05) is 11.1 Å². The van der Waals surface area contributed by atoms with Gasteiger partial charge in [0.25, 0.3) is 0 Å². The maximum Gasteiger partial charge on any atom is 0.200 e. The van der Waals surface area contributed by atoms with Gasteiger partial charge in [0.2, 0.25) is 5.82 Å². The first-order valence-electron chi connectivity index (χ1n) is 4.90. The fraction of sp³-hybridized carbons (Fsp3) is 0. The summed E-state index contributed by atoms with van der Waals surface area (Å²) in [6.45, 7) is 0. The number of hydrogen-bond acceptors (Lipinski definition) is 3. The van der Waals surface area contributed by atoms with Gasteiger partial charge in [-0.05, 0) is 6.07 Å². The lowest BCUT2D eigenvalue weighted by Crippen LogP contribution is -2.07. The van der Waals surface area contributed by atoms with Crippen LogP contribution in [-0.4, -0.2) is 4.98 Å². The van der Waals surface area contributed by atoms with Gasteiger partial charge in [-0.25, -0.2) is 22.0 Å². The molecule has 1 heterocycles. The van der Waals surface area contributed by atoms with Crippen LogP contribution in [-0.2, 0) is 0 Å². The summed E-state index contributed by atoms with van der Waals surface area (Å²) >= 11 is 0. The Labute approximate surface area is 103 Å². The Morgan fingerprint density at radius 1 is 0.842 bits per heavy atom. The molecule has 0 aliphatic carbocycles. The summed E-state index contributed by atoms with van der Waals surface area (Å²) < 4.78 is 65.4. The first-order valence-corrected chi connectivity index (χ1v) is 4.90. The predicted octanol–water partition coefficient (Wildman–Crippen LogP) is 3.10. The monoisotopic (exact) mass is 275 g/mol. The van der Waals surface area contributed by atoms with Gasteiger partial charge in [-0.3, -0.25) is 4.98 Å². The highest BCUT2D eigenvalue weighted by molar-refractivity contribution is 5.63. The maximum atomic E-state index is 13.4. The first-order chi connectivity index (χ1) is 8.91. The summed E-state index contributed by atoms with van der Waals surface area (Å²) in [7, 11) is 0. The molecule has 2 aromatic rings. The summed E-state index contributed by atoms with van der Waals surface area (Å²) in [5, 5.41) is 2.05. The van der Waals surface area contributed by atoms with Crippen LogP contribution in [0, 0.1) is 29.1 Å². The molecule has 0 bridgehead atoms. The second kappa shape index (κ2) is 4.71. The van der Waals surface area contributed by atoms with Gasteiger partial charge in [0.05, 0.1) is 17.6 Å². The number of halogens is 5. The minimum atomic E-state index is -2.22. The molecule has 0 aliphatic heterocycles. The molecule has 0 spiro atoms. The van der Waals surface area contributed by atoms with Crippen molar-refractivity contribution in [1.82, 2.24) is 4.98 Å². The van der Waals surface area contributed by atoms with E-state index < -0.39 is 34.8 Å². The average Bonchev–Trinajstić information content (AvgIpc) is 2.39. The topological polar surface area (TPSA) is 50.9 Å². The molecule has 8 heteroatoms. The van der Waals surface area contributed by atoms with Crippen LogP contribution in [0.2, 0.25) is 0 Å². The number of nitrogen functional groups attached to an aromatic ring is 1. The Kier molecular flexibility index (Phi) is 3.24. The summed E-state index contributed by atoms with van der Waals surface area (Å²) in [4.78, 5) is 3.61. The zero-order valence-electron chi connectivity index (χ0n) is 9.15. The van der Waals surface area contributed by atoms with E-state index in [4.69, 9.17) is 5.73 Å². The molecule has 0 saturated carbocycles. The van der Waals surface area contributed by atoms with Crippen LogP contribution in [0.5, 0.6) is 0 Å². The Bertz CT molecular complexity index is 615. The van der Waals surface area contributed by atoms with Crippen LogP contribution in [0.3, 0.4) is 0 Å². The third kappa shape index (κ3) is 2.28. The van der Waals surface area contributed by atoms with Gasteiger partial charge in [0, 0.05) is 6.20 Å². The molecule has 0 amide bonds. The number of benzene rings is 1. The molecule has 3 N–H and O–H groups in total. The Morgan fingerprint density at radius 2 is 1.37 bits per heavy atom. The molecule has 100 valence electrons. The third-order valence-corrected chi connectivity index (χ3v) is 2.24. The number of hydrogen-bond donors (Lipinski definition) is 2. The van der Waals surface area contributed by atoms with Crippen molar-refractivity contribution in [2.24, 2.45) is 0 Å². The lowest BCUT2D eigenvalue weighted by atomic mass is 10.2. The van der Waals surface area contributed by atoms with Gasteiger partial charge < -0.3 is 11.1 Å². The molecule has 0 atom stereocenters. The molecule has 0 fully saturated rings. The lowest BCUT2D eigenvalue weighted by molar-refractivity contribution is 0.382. The average molecular weight is 275 g/mol. The maximum absolute atomic E-state index is 13.4. The van der Waals surface area contributed by atoms with Gasteiger partial charge >= 0.3 is 0 Å². The Hall–Kier alpha value is -2.38. The molecular formula is C11H6F5N3. The van der Waals surface area contributed by atoms with Gasteiger partial charge in [0.15, 0.2) is 23.3 Å². The standard InChI is InChI=1S/C11H6F5N3/c12-6-7(13)9(15)11(10(16)8(6)14)19-5-1-4(17)2-18-3-5/h1-3,19H,17H2. The second-order valence-electron chi connectivity index (χ2n) is 3.58. The van der Waals surface area contributed by atoms with E-state index in [9.17, 15) is 22.0 Å². The van der Waals surface area contributed by atoms with E-state index in [0.717, 1.165) is 6.20 Å². The minimum Gasteiger partial charge on any atom is -0.397 e. The summed E-state index contributed by atoms with van der Waals surface area (Å²) in [6, 6.07) is 1.23. The number of aromatic nitrogens is 1. The van der Waals surface area contributed by atoms with Crippen LogP contribution < -0.4 is 11.1 Å². The van der Waals surface area contributed by atoms with E-state index in [2.05, 4.69) is 10.3 Å². The molecule has 0 radical (unpaired) electrons. The van der Waals surface area contributed by atoms with Crippen molar-refractivity contribution in [2.45, 2.75) is 0 Å². The number of anilines is 3. The van der Waals surface area contributed by atoms with Crippen molar-refractivity contribution in [1.29, 1.82) is 0 Å². The quantitative estimate of drug-likeness (QED) is 0.503. The molecule has 0 saturated heterocycles. The molecule has 2 rings (SSSR count). The van der Waals surface area contributed by atoms with Crippen molar-refractivity contribution in [3.05, 3.63) is 47.5 Å². The highest BCUT2D eigenvalue weighted by Gasteiger charge is 2.25. The number of rotatable bonds is 2. The zero-order valence-corrected chi connectivity index (χ0v) is 9.15. The third-order valence-electron chi connectivity index (χ3n) is 2.24. The van der Waals surface area contributed by atoms with Crippen LogP contribution in [0.4, 0.5) is 39.0 Å². The van der Waals surface area contributed by atoms with Crippen LogP contribution in [0.25, 0.3) is 0 Å². The summed E-state index contributed by atoms with van der Waals surface area (Å²) in [6.07, 6.45) is 2.37. The van der Waals surface area contributed by atoms with Gasteiger partial charge in [-0.1, -0.05) is 0 Å². The molecule has 1 aromatic heterocycles. The first kappa shape index (κ1) is 13.1. The zero-order chi connectivity index (χ0) is 14.2. The molecule has 0 unspecified atom stereocenters. The predicted molar refractivity (Wildman–Crippen MR) is 58.2 cm³/mol. The highest BCUT2D eigenvalue weighted by atomic mass is 19.2. The van der Waals surface area contributed by atoms with Crippen molar-refractivity contribution in [3.8, 4) is 0 Å². The number of nitrogens with two attached hydrogens (primary N) is 1. The summed E-state index contributed by atoms with van der Waals surface area (Å²) in [5.74, 6) is -10.2. The van der Waals surface area contributed by atoms with Gasteiger partial charge in [-0.2, -0.15) is 0 Å². The Morgan fingerprint density at radius 3 is 1.89 bits per heavy atom.